The first kappa shape index (κ1) is 23.9. The second kappa shape index (κ2) is 9.78. The van der Waals surface area contributed by atoms with Crippen molar-refractivity contribution in [2.45, 2.75) is 45.6 Å². The summed E-state index contributed by atoms with van der Waals surface area (Å²) in [5.41, 5.74) is 6.56. The van der Waals surface area contributed by atoms with Crippen molar-refractivity contribution in [3.05, 3.63) is 52.4 Å². The van der Waals surface area contributed by atoms with Gasteiger partial charge >= 0.3 is 6.09 Å². The van der Waals surface area contributed by atoms with Crippen molar-refractivity contribution in [3.63, 3.8) is 0 Å². The summed E-state index contributed by atoms with van der Waals surface area (Å²) in [6, 6.07) is 9.83. The molecule has 2 N–H and O–H groups in total. The van der Waals surface area contributed by atoms with E-state index in [1.807, 2.05) is 43.5 Å². The zero-order valence-corrected chi connectivity index (χ0v) is 21.3. The van der Waals surface area contributed by atoms with Crippen LogP contribution in [0.3, 0.4) is 0 Å². The van der Waals surface area contributed by atoms with Crippen LogP contribution in [0.25, 0.3) is 22.2 Å². The highest BCUT2D eigenvalue weighted by molar-refractivity contribution is 5.82. The van der Waals surface area contributed by atoms with Gasteiger partial charge in [0.25, 0.3) is 5.56 Å². The number of amides is 1. The molecule has 2 aliphatic heterocycles. The highest BCUT2D eigenvalue weighted by Crippen LogP contribution is 2.37. The number of hydrogen-bond acceptors (Lipinski definition) is 6. The Hall–Kier alpha value is -3.46. The number of hydrazine groups is 1. The highest BCUT2D eigenvalue weighted by Gasteiger charge is 2.36. The molecule has 2 atom stereocenters. The van der Waals surface area contributed by atoms with Gasteiger partial charge in [-0.15, -0.1) is 0 Å². The molecule has 4 heterocycles. The van der Waals surface area contributed by atoms with Gasteiger partial charge in [0, 0.05) is 49.9 Å². The number of pyridine rings is 1. The van der Waals surface area contributed by atoms with E-state index in [1.54, 1.807) is 4.57 Å². The van der Waals surface area contributed by atoms with Crippen LogP contribution >= 0.6 is 0 Å². The number of nitrogens with one attached hydrogen (secondary N) is 1. The van der Waals surface area contributed by atoms with E-state index in [1.165, 1.54) is 24.2 Å². The summed E-state index contributed by atoms with van der Waals surface area (Å²) in [7, 11) is 0. The third kappa shape index (κ3) is 4.68. The minimum Gasteiger partial charge on any atom is -0.465 e. The predicted molar refractivity (Wildman–Crippen MR) is 142 cm³/mol. The topological polar surface area (TPSA) is 104 Å². The molecule has 0 bridgehead atoms. The monoisotopic (exact) mass is 502 g/mol. The number of fused-ring (bicyclic) bond motifs is 2. The van der Waals surface area contributed by atoms with E-state index < -0.39 is 6.09 Å². The molecule has 1 amide bonds. The number of piperidine rings is 1. The van der Waals surface area contributed by atoms with Gasteiger partial charge in [0.05, 0.1) is 0 Å². The summed E-state index contributed by atoms with van der Waals surface area (Å²) in [6.45, 7) is 5.51. The van der Waals surface area contributed by atoms with Gasteiger partial charge in [-0.3, -0.25) is 14.8 Å². The molecule has 1 aromatic carbocycles. The van der Waals surface area contributed by atoms with Gasteiger partial charge in [-0.25, -0.2) is 14.8 Å². The Labute approximate surface area is 216 Å². The molecule has 194 valence electrons. The summed E-state index contributed by atoms with van der Waals surface area (Å²) < 4.78 is 1.80. The van der Waals surface area contributed by atoms with Crippen LogP contribution in [0.2, 0.25) is 0 Å². The number of rotatable bonds is 5. The number of benzene rings is 1. The Bertz CT molecular complexity index is 1370. The minimum absolute atomic E-state index is 0.0668. The molecule has 0 spiro atoms. The van der Waals surface area contributed by atoms with Gasteiger partial charge in [-0.1, -0.05) is 30.7 Å². The summed E-state index contributed by atoms with van der Waals surface area (Å²) in [5.74, 6) is 2.22. The van der Waals surface area contributed by atoms with Gasteiger partial charge in [0.15, 0.2) is 0 Å². The number of aryl methyl sites for hydroxylation is 1. The average Bonchev–Trinajstić information content (AvgIpc) is 3.48. The Morgan fingerprint density at radius 1 is 1.08 bits per heavy atom. The first-order valence-corrected chi connectivity index (χ1v) is 13.4. The van der Waals surface area contributed by atoms with Crippen molar-refractivity contribution in [2.24, 2.45) is 17.8 Å². The fraction of sp³-hybridized carbons (Fsp3) is 0.500. The van der Waals surface area contributed by atoms with Crippen LogP contribution in [0.5, 0.6) is 0 Å². The van der Waals surface area contributed by atoms with E-state index in [0.29, 0.717) is 36.8 Å². The van der Waals surface area contributed by atoms with E-state index in [2.05, 4.69) is 15.4 Å². The van der Waals surface area contributed by atoms with Crippen LogP contribution < -0.4 is 11.0 Å². The maximum Gasteiger partial charge on any atom is 0.407 e. The summed E-state index contributed by atoms with van der Waals surface area (Å²) in [6.07, 6.45) is 6.30. The lowest BCUT2D eigenvalue weighted by atomic mass is 9.96. The summed E-state index contributed by atoms with van der Waals surface area (Å²) in [5, 5.41) is 12.4. The third-order valence-electron chi connectivity index (χ3n) is 8.57. The van der Waals surface area contributed by atoms with E-state index in [-0.39, 0.29) is 11.5 Å². The first-order valence-electron chi connectivity index (χ1n) is 13.4. The van der Waals surface area contributed by atoms with Crippen molar-refractivity contribution in [1.82, 2.24) is 24.4 Å². The number of carboxylic acid groups (broad SMARTS) is 1. The molecule has 2 unspecified atom stereocenters. The smallest absolute Gasteiger partial charge is 0.407 e. The van der Waals surface area contributed by atoms with Crippen LogP contribution in [0.4, 0.5) is 10.7 Å². The number of anilines is 1. The predicted octanol–water partition coefficient (Wildman–Crippen LogP) is 4.22. The Morgan fingerprint density at radius 3 is 2.51 bits per heavy atom. The van der Waals surface area contributed by atoms with E-state index in [9.17, 15) is 14.7 Å². The van der Waals surface area contributed by atoms with E-state index in [4.69, 9.17) is 4.98 Å². The first-order chi connectivity index (χ1) is 18.0. The van der Waals surface area contributed by atoms with Crippen LogP contribution in [-0.2, 0) is 6.54 Å². The van der Waals surface area contributed by atoms with Crippen molar-refractivity contribution < 1.29 is 9.90 Å². The van der Waals surface area contributed by atoms with Crippen LogP contribution in [0.15, 0.2) is 41.3 Å². The molecule has 2 saturated heterocycles. The second-order valence-electron chi connectivity index (χ2n) is 10.9. The Kier molecular flexibility index (Phi) is 6.32. The fourth-order valence-corrected chi connectivity index (χ4v) is 6.48. The number of hydrogen-bond donors (Lipinski definition) is 2. The van der Waals surface area contributed by atoms with Gasteiger partial charge in [-0.05, 0) is 67.6 Å². The number of likely N-dealkylation sites (tertiary alicyclic amines) is 1. The van der Waals surface area contributed by atoms with Gasteiger partial charge < -0.3 is 10.0 Å². The van der Waals surface area contributed by atoms with Crippen LogP contribution in [0, 0.1) is 24.7 Å². The van der Waals surface area contributed by atoms with E-state index >= 15 is 0 Å². The lowest BCUT2D eigenvalue weighted by molar-refractivity contribution is 0.121. The maximum absolute atomic E-state index is 13.9. The lowest BCUT2D eigenvalue weighted by Gasteiger charge is -2.30. The Morgan fingerprint density at radius 2 is 1.81 bits per heavy atom. The standard InChI is InChI=1S/C28H34N6O3/c1-18-5-2-3-8-23(18)24-13-22-14-29-27(31-33-16-20-6-4-7-21(20)17-33)30-25(22)34(26(24)35)15-19-9-11-32(12-10-19)28(36)37/h2-3,5,8,13-14,19-21H,4,6-7,9-12,15-17H2,1H3,(H,36,37)(H,29,30,31). The largest absolute Gasteiger partial charge is 0.465 e. The minimum atomic E-state index is -0.878. The molecule has 9 heteroatoms. The molecule has 3 aromatic rings. The van der Waals surface area contributed by atoms with Crippen molar-refractivity contribution >= 4 is 23.1 Å². The lowest BCUT2D eigenvalue weighted by Crippen LogP contribution is -2.39. The quantitative estimate of drug-likeness (QED) is 0.538. The molecule has 3 aliphatic rings. The second-order valence-corrected chi connectivity index (χ2v) is 10.9. The van der Waals surface area contributed by atoms with Crippen LogP contribution in [0.1, 0.15) is 37.7 Å². The maximum atomic E-state index is 13.9. The van der Waals surface area contributed by atoms with Crippen molar-refractivity contribution in [3.8, 4) is 11.1 Å². The SMILES string of the molecule is Cc1ccccc1-c1cc2cnc(NN3CC4CCCC4C3)nc2n(CC2CCN(C(=O)O)CC2)c1=O. The molecule has 0 radical (unpaired) electrons. The summed E-state index contributed by atoms with van der Waals surface area (Å²) >= 11 is 0. The summed E-state index contributed by atoms with van der Waals surface area (Å²) in [4.78, 5) is 36.2. The third-order valence-corrected chi connectivity index (χ3v) is 8.57. The zero-order valence-electron chi connectivity index (χ0n) is 21.3. The van der Waals surface area contributed by atoms with Gasteiger partial charge in [0.1, 0.15) is 5.65 Å². The van der Waals surface area contributed by atoms with Gasteiger partial charge in [-0.2, -0.15) is 4.98 Å². The van der Waals surface area contributed by atoms with Crippen LogP contribution in [-0.4, -0.2) is 61.8 Å². The molecular weight excluding hydrogens is 468 g/mol. The van der Waals surface area contributed by atoms with Crippen molar-refractivity contribution in [2.75, 3.05) is 31.6 Å². The fourth-order valence-electron chi connectivity index (χ4n) is 6.48. The average molecular weight is 503 g/mol. The van der Waals surface area contributed by atoms with Gasteiger partial charge in [0.2, 0.25) is 5.95 Å². The molecule has 2 aromatic heterocycles. The number of aromatic nitrogens is 3. The molecule has 1 saturated carbocycles. The number of carbonyl (C=O) groups is 1. The number of nitrogens with zero attached hydrogens (tertiary/aromatic N) is 5. The molecular formula is C28H34N6O3. The van der Waals surface area contributed by atoms with E-state index in [0.717, 1.165) is 54.3 Å². The molecule has 6 rings (SSSR count). The highest BCUT2D eigenvalue weighted by atomic mass is 16.4. The molecule has 3 fully saturated rings. The normalized spacial score (nSPS) is 22.5. The molecule has 37 heavy (non-hydrogen) atoms. The van der Waals surface area contributed by atoms with Crippen molar-refractivity contribution in [1.29, 1.82) is 0 Å². The Balaban J connectivity index is 1.35. The molecule has 1 aliphatic carbocycles. The molecule has 9 nitrogen and oxygen atoms in total. The zero-order chi connectivity index (χ0) is 25.5.